The lowest BCUT2D eigenvalue weighted by Crippen LogP contribution is -2.34. The Morgan fingerprint density at radius 1 is 0.970 bits per heavy atom. The van der Waals surface area contributed by atoms with Crippen LogP contribution in [0.5, 0.6) is 5.75 Å². The fraction of sp³-hybridized carbons (Fsp3) is 0.625. The number of thioether (sulfide) groups is 2. The SMILES string of the molecule is Cc1cc(=O)oc2cc(OCCN3CCOCCNCCSCCOCCSCC3)ccc12. The maximum Gasteiger partial charge on any atom is 0.336 e. The highest BCUT2D eigenvalue weighted by Gasteiger charge is 2.08. The molecule has 0 amide bonds. The molecule has 1 fully saturated rings. The molecule has 0 saturated carbocycles. The molecule has 0 radical (unpaired) electrons. The summed E-state index contributed by atoms with van der Waals surface area (Å²) in [6.07, 6.45) is 0. The Morgan fingerprint density at radius 2 is 1.79 bits per heavy atom. The summed E-state index contributed by atoms with van der Waals surface area (Å²) in [5.41, 5.74) is 1.14. The second-order valence-electron chi connectivity index (χ2n) is 7.80. The number of nitrogens with zero attached hydrogens (tertiary/aromatic N) is 1. The molecule has 7 nitrogen and oxygen atoms in total. The van der Waals surface area contributed by atoms with Gasteiger partial charge < -0.3 is 23.9 Å². The van der Waals surface area contributed by atoms with Crippen LogP contribution < -0.4 is 15.7 Å². The topological polar surface area (TPSA) is 73.2 Å². The Morgan fingerprint density at radius 3 is 2.67 bits per heavy atom. The van der Waals surface area contributed by atoms with Crippen molar-refractivity contribution in [2.75, 3.05) is 88.8 Å². The molecule has 0 spiro atoms. The summed E-state index contributed by atoms with van der Waals surface area (Å²) < 4.78 is 22.9. The van der Waals surface area contributed by atoms with Gasteiger partial charge in [0, 0.05) is 73.3 Å². The van der Waals surface area contributed by atoms with Gasteiger partial charge >= 0.3 is 5.63 Å². The number of fused-ring (bicyclic) bond motifs is 1. The molecule has 33 heavy (non-hydrogen) atoms. The first-order valence-corrected chi connectivity index (χ1v) is 13.9. The third-order valence-electron chi connectivity index (χ3n) is 5.29. The van der Waals surface area contributed by atoms with Crippen molar-refractivity contribution in [2.24, 2.45) is 0 Å². The molecule has 0 atom stereocenters. The lowest BCUT2D eigenvalue weighted by Gasteiger charge is -2.22. The van der Waals surface area contributed by atoms with Gasteiger partial charge in [-0.05, 0) is 24.6 Å². The molecule has 1 N–H and O–H groups in total. The quantitative estimate of drug-likeness (QED) is 0.643. The maximum atomic E-state index is 11.7. The first kappa shape index (κ1) is 26.4. The third-order valence-corrected chi connectivity index (χ3v) is 7.17. The molecular formula is C24H36N2O5S2. The van der Waals surface area contributed by atoms with Gasteiger partial charge in [0.05, 0.1) is 26.4 Å². The van der Waals surface area contributed by atoms with Crippen LogP contribution in [-0.2, 0) is 9.47 Å². The first-order valence-electron chi connectivity index (χ1n) is 11.6. The molecular weight excluding hydrogens is 460 g/mol. The first-order chi connectivity index (χ1) is 16.2. The van der Waals surface area contributed by atoms with Crippen molar-refractivity contribution < 1.29 is 18.6 Å². The molecule has 9 heteroatoms. The van der Waals surface area contributed by atoms with Crippen molar-refractivity contribution in [3.05, 3.63) is 40.2 Å². The lowest BCUT2D eigenvalue weighted by molar-refractivity contribution is 0.102. The number of nitrogens with one attached hydrogen (secondary N) is 1. The zero-order valence-electron chi connectivity index (χ0n) is 19.5. The molecule has 2 heterocycles. The maximum absolute atomic E-state index is 11.7. The van der Waals surface area contributed by atoms with E-state index in [1.807, 2.05) is 42.6 Å². The summed E-state index contributed by atoms with van der Waals surface area (Å²) in [6, 6.07) is 7.18. The molecule has 3 rings (SSSR count). The third kappa shape index (κ3) is 10.3. The Hall–Kier alpha value is -1.23. The zero-order valence-corrected chi connectivity index (χ0v) is 21.1. The smallest absolute Gasteiger partial charge is 0.336 e. The van der Waals surface area contributed by atoms with Crippen molar-refractivity contribution in [1.82, 2.24) is 10.2 Å². The molecule has 0 bridgehead atoms. The molecule has 1 aromatic carbocycles. The van der Waals surface area contributed by atoms with Crippen LogP contribution in [-0.4, -0.2) is 93.7 Å². The number of hydrogen-bond donors (Lipinski definition) is 1. The van der Waals surface area contributed by atoms with Crippen LogP contribution in [0.25, 0.3) is 11.0 Å². The molecule has 184 valence electrons. The summed E-state index contributed by atoms with van der Waals surface area (Å²) in [4.78, 5) is 14.0. The molecule has 1 aliphatic rings. The van der Waals surface area contributed by atoms with Crippen molar-refractivity contribution in [3.8, 4) is 5.75 Å². The van der Waals surface area contributed by atoms with E-state index in [1.165, 1.54) is 6.07 Å². The van der Waals surface area contributed by atoms with Gasteiger partial charge in [-0.3, -0.25) is 4.90 Å². The van der Waals surface area contributed by atoms with Crippen LogP contribution in [0.4, 0.5) is 0 Å². The summed E-state index contributed by atoms with van der Waals surface area (Å²) >= 11 is 3.86. The highest BCUT2D eigenvalue weighted by Crippen LogP contribution is 2.22. The van der Waals surface area contributed by atoms with Gasteiger partial charge in [-0.25, -0.2) is 4.79 Å². The Kier molecular flexibility index (Phi) is 12.5. The summed E-state index contributed by atoms with van der Waals surface area (Å²) in [5, 5.41) is 4.35. The van der Waals surface area contributed by atoms with E-state index >= 15 is 0 Å². The van der Waals surface area contributed by atoms with Crippen LogP contribution in [0.15, 0.2) is 33.5 Å². The number of hydrogen-bond acceptors (Lipinski definition) is 9. The van der Waals surface area contributed by atoms with E-state index in [2.05, 4.69) is 10.2 Å². The van der Waals surface area contributed by atoms with Crippen LogP contribution in [0.2, 0.25) is 0 Å². The molecule has 2 aromatic rings. The summed E-state index contributed by atoms with van der Waals surface area (Å²) in [7, 11) is 0. The average Bonchev–Trinajstić information content (AvgIpc) is 2.79. The van der Waals surface area contributed by atoms with Gasteiger partial charge in [-0.1, -0.05) is 0 Å². The molecule has 0 aliphatic carbocycles. The van der Waals surface area contributed by atoms with E-state index in [-0.39, 0.29) is 5.63 Å². The van der Waals surface area contributed by atoms with Crippen molar-refractivity contribution in [3.63, 3.8) is 0 Å². The van der Waals surface area contributed by atoms with Crippen molar-refractivity contribution in [1.29, 1.82) is 0 Å². The van der Waals surface area contributed by atoms with Gasteiger partial charge in [0.1, 0.15) is 17.9 Å². The molecule has 0 unspecified atom stereocenters. The van der Waals surface area contributed by atoms with E-state index in [1.54, 1.807) is 6.07 Å². The van der Waals surface area contributed by atoms with Gasteiger partial charge in [-0.2, -0.15) is 23.5 Å². The monoisotopic (exact) mass is 496 g/mol. The highest BCUT2D eigenvalue weighted by atomic mass is 32.2. The second kappa shape index (κ2) is 15.6. The fourth-order valence-electron chi connectivity index (χ4n) is 3.47. The van der Waals surface area contributed by atoms with E-state index in [9.17, 15) is 4.79 Å². The number of benzene rings is 1. The van der Waals surface area contributed by atoms with Crippen LogP contribution in [0.1, 0.15) is 5.56 Å². The van der Waals surface area contributed by atoms with Gasteiger partial charge in [0.15, 0.2) is 0 Å². The van der Waals surface area contributed by atoms with E-state index in [4.69, 9.17) is 18.6 Å². The summed E-state index contributed by atoms with van der Waals surface area (Å²) in [6.45, 7) is 10.1. The predicted octanol–water partition coefficient (Wildman–Crippen LogP) is 2.89. The average molecular weight is 497 g/mol. The van der Waals surface area contributed by atoms with E-state index in [0.29, 0.717) is 24.5 Å². The van der Waals surface area contributed by atoms with Crippen LogP contribution >= 0.6 is 23.5 Å². The Bertz CT molecular complexity index is 862. The van der Waals surface area contributed by atoms with Crippen LogP contribution in [0.3, 0.4) is 0 Å². The lowest BCUT2D eigenvalue weighted by atomic mass is 10.1. The number of aryl methyl sites for hydroxylation is 1. The van der Waals surface area contributed by atoms with Gasteiger partial charge in [-0.15, -0.1) is 0 Å². The normalized spacial score (nSPS) is 19.1. The van der Waals surface area contributed by atoms with Crippen molar-refractivity contribution >= 4 is 34.5 Å². The number of ether oxygens (including phenoxy) is 3. The second-order valence-corrected chi connectivity index (χ2v) is 10.2. The largest absolute Gasteiger partial charge is 0.492 e. The highest BCUT2D eigenvalue weighted by molar-refractivity contribution is 7.99. The number of rotatable bonds is 4. The standard InChI is InChI=1S/C24H36N2O5S2/c1-20-18-24(27)31-23-19-21(2-3-22(20)23)30-11-7-26-6-10-28-9-4-25-5-14-32-16-12-29-13-17-33-15-8-26/h2-3,18-19,25H,4-17H2,1H3. The van der Waals surface area contributed by atoms with E-state index < -0.39 is 0 Å². The molecule has 1 aliphatic heterocycles. The summed E-state index contributed by atoms with van der Waals surface area (Å²) in [5.74, 6) is 4.95. The minimum Gasteiger partial charge on any atom is -0.492 e. The Balaban J connectivity index is 1.45. The van der Waals surface area contributed by atoms with Crippen LogP contribution in [0, 0.1) is 6.92 Å². The van der Waals surface area contributed by atoms with Gasteiger partial charge in [0.2, 0.25) is 0 Å². The predicted molar refractivity (Wildman–Crippen MR) is 138 cm³/mol. The Labute approximate surface area is 204 Å². The fourth-order valence-corrected chi connectivity index (χ4v) is 5.02. The minimum atomic E-state index is -0.336. The molecule has 1 saturated heterocycles. The van der Waals surface area contributed by atoms with Crippen molar-refractivity contribution in [2.45, 2.75) is 6.92 Å². The van der Waals surface area contributed by atoms with E-state index in [0.717, 1.165) is 86.5 Å². The minimum absolute atomic E-state index is 0.336. The van der Waals surface area contributed by atoms with Gasteiger partial charge in [0.25, 0.3) is 0 Å². The molecule has 1 aromatic heterocycles. The zero-order chi connectivity index (χ0) is 23.1.